The average molecular weight is 189 g/mol. The summed E-state index contributed by atoms with van der Waals surface area (Å²) in [7, 11) is 0. The summed E-state index contributed by atoms with van der Waals surface area (Å²) in [6.07, 6.45) is 0.406. The van der Waals surface area contributed by atoms with E-state index in [-0.39, 0.29) is 5.78 Å². The molecule has 0 spiro atoms. The van der Waals surface area contributed by atoms with Crippen LogP contribution < -0.4 is 5.73 Å². The summed E-state index contributed by atoms with van der Waals surface area (Å²) in [5, 5.41) is 0. The quantitative estimate of drug-likeness (QED) is 0.451. The fourth-order valence-corrected chi connectivity index (χ4v) is 1.23. The second-order valence-electron chi connectivity index (χ2n) is 3.63. The second kappa shape index (κ2) is 4.09. The van der Waals surface area contributed by atoms with E-state index in [1.807, 2.05) is 19.9 Å². The van der Waals surface area contributed by atoms with Crippen LogP contribution in [0.25, 0.3) is 0 Å². The molecule has 14 heavy (non-hydrogen) atoms. The Hall–Kier alpha value is -1.57. The Labute approximate surface area is 84.4 Å². The minimum absolute atomic E-state index is 0.0978. The molecule has 0 atom stereocenters. The van der Waals surface area contributed by atoms with E-state index >= 15 is 0 Å². The molecule has 2 N–H and O–H groups in total. The van der Waals surface area contributed by atoms with Crippen LogP contribution in [0.5, 0.6) is 0 Å². The van der Waals surface area contributed by atoms with Crippen LogP contribution in [-0.4, -0.2) is 5.78 Å². The first-order valence-corrected chi connectivity index (χ1v) is 4.54. The molecule has 0 unspecified atom stereocenters. The van der Waals surface area contributed by atoms with Gasteiger partial charge in [0, 0.05) is 17.7 Å². The van der Waals surface area contributed by atoms with Crippen LogP contribution in [-0.2, 0) is 0 Å². The van der Waals surface area contributed by atoms with Crippen LogP contribution in [0.1, 0.15) is 29.3 Å². The fraction of sp³-hybridized carbons (Fsp3) is 0.250. The Morgan fingerprint density at radius 2 is 2.14 bits per heavy atom. The molecule has 1 aromatic rings. The Bertz CT molecular complexity index is 380. The second-order valence-corrected chi connectivity index (χ2v) is 3.63. The van der Waals surface area contributed by atoms with Gasteiger partial charge in [-0.25, -0.2) is 0 Å². The SMILES string of the molecule is C=C(C)CC(=O)c1ccc(N)c(C)c1. The van der Waals surface area contributed by atoms with E-state index in [9.17, 15) is 4.79 Å². The van der Waals surface area contributed by atoms with Crippen molar-refractivity contribution in [3.63, 3.8) is 0 Å². The zero-order valence-corrected chi connectivity index (χ0v) is 8.63. The van der Waals surface area contributed by atoms with E-state index in [1.54, 1.807) is 12.1 Å². The van der Waals surface area contributed by atoms with Crippen molar-refractivity contribution in [2.75, 3.05) is 5.73 Å². The highest BCUT2D eigenvalue weighted by Crippen LogP contribution is 2.15. The number of Topliss-reactive ketones (excluding diaryl/α,β-unsaturated/α-hetero) is 1. The first kappa shape index (κ1) is 10.5. The van der Waals surface area contributed by atoms with Gasteiger partial charge >= 0.3 is 0 Å². The van der Waals surface area contributed by atoms with Crippen LogP contribution in [0.15, 0.2) is 30.4 Å². The van der Waals surface area contributed by atoms with E-state index in [0.717, 1.165) is 16.8 Å². The molecule has 0 radical (unpaired) electrons. The fourth-order valence-electron chi connectivity index (χ4n) is 1.23. The summed E-state index contributed by atoms with van der Waals surface area (Å²) in [5.74, 6) is 0.0978. The standard InChI is InChI=1S/C12H15NO/c1-8(2)6-12(14)10-4-5-11(13)9(3)7-10/h4-5,7H,1,6,13H2,2-3H3. The number of nitrogen functional groups attached to an aromatic ring is 1. The number of benzene rings is 1. The predicted molar refractivity (Wildman–Crippen MR) is 59.4 cm³/mol. The molecule has 0 amide bonds. The van der Waals surface area contributed by atoms with Crippen LogP contribution >= 0.6 is 0 Å². The maximum atomic E-state index is 11.6. The van der Waals surface area contributed by atoms with Crippen molar-refractivity contribution in [2.24, 2.45) is 0 Å². The molecular formula is C12H15NO. The smallest absolute Gasteiger partial charge is 0.166 e. The Balaban J connectivity index is 2.91. The third-order valence-electron chi connectivity index (χ3n) is 2.05. The molecule has 0 saturated heterocycles. The molecule has 0 bridgehead atoms. The molecule has 1 rings (SSSR count). The molecule has 1 aromatic carbocycles. The first-order valence-electron chi connectivity index (χ1n) is 4.54. The predicted octanol–water partition coefficient (Wildman–Crippen LogP) is 2.73. The molecular weight excluding hydrogens is 174 g/mol. The van der Waals surface area contributed by atoms with Gasteiger partial charge in [0.05, 0.1) is 0 Å². The molecule has 0 aliphatic carbocycles. The highest BCUT2D eigenvalue weighted by molar-refractivity contribution is 5.97. The van der Waals surface area contributed by atoms with E-state index in [4.69, 9.17) is 5.73 Å². The summed E-state index contributed by atoms with van der Waals surface area (Å²) < 4.78 is 0. The van der Waals surface area contributed by atoms with Gasteiger partial charge in [0.2, 0.25) is 0 Å². The lowest BCUT2D eigenvalue weighted by atomic mass is 10.0. The highest BCUT2D eigenvalue weighted by atomic mass is 16.1. The van der Waals surface area contributed by atoms with Crippen molar-refractivity contribution in [3.05, 3.63) is 41.5 Å². The van der Waals surface area contributed by atoms with E-state index in [0.29, 0.717) is 12.0 Å². The zero-order valence-electron chi connectivity index (χ0n) is 8.63. The number of carbonyl (C=O) groups is 1. The van der Waals surface area contributed by atoms with Gasteiger partial charge in [0.25, 0.3) is 0 Å². The minimum atomic E-state index is 0.0978. The Morgan fingerprint density at radius 1 is 1.50 bits per heavy atom. The number of nitrogens with two attached hydrogens (primary N) is 1. The molecule has 0 fully saturated rings. The number of aryl methyl sites for hydroxylation is 1. The van der Waals surface area contributed by atoms with Crippen LogP contribution in [0.4, 0.5) is 5.69 Å². The number of anilines is 1. The number of hydrogen-bond donors (Lipinski definition) is 1. The van der Waals surface area contributed by atoms with Crippen molar-refractivity contribution >= 4 is 11.5 Å². The number of allylic oxidation sites excluding steroid dienone is 1. The topological polar surface area (TPSA) is 43.1 Å². The summed E-state index contributed by atoms with van der Waals surface area (Å²) in [5.41, 5.74) is 8.91. The van der Waals surface area contributed by atoms with Gasteiger partial charge in [-0.1, -0.05) is 12.2 Å². The van der Waals surface area contributed by atoms with Crippen molar-refractivity contribution in [3.8, 4) is 0 Å². The number of rotatable bonds is 3. The lowest BCUT2D eigenvalue weighted by molar-refractivity contribution is 0.0993. The summed E-state index contributed by atoms with van der Waals surface area (Å²) in [6.45, 7) is 7.46. The first-order chi connectivity index (χ1) is 6.50. The monoisotopic (exact) mass is 189 g/mol. The third-order valence-corrected chi connectivity index (χ3v) is 2.05. The lowest BCUT2D eigenvalue weighted by Gasteiger charge is -2.04. The molecule has 2 heteroatoms. The number of carbonyl (C=O) groups excluding carboxylic acids is 1. The molecule has 74 valence electrons. The molecule has 0 aliphatic heterocycles. The van der Waals surface area contributed by atoms with Gasteiger partial charge in [0.15, 0.2) is 5.78 Å². The van der Waals surface area contributed by atoms with Crippen molar-refractivity contribution in [1.29, 1.82) is 0 Å². The zero-order chi connectivity index (χ0) is 10.7. The van der Waals surface area contributed by atoms with Gasteiger partial charge in [-0.2, -0.15) is 0 Å². The summed E-state index contributed by atoms with van der Waals surface area (Å²) in [4.78, 5) is 11.6. The van der Waals surface area contributed by atoms with Crippen molar-refractivity contribution in [2.45, 2.75) is 20.3 Å². The van der Waals surface area contributed by atoms with E-state index < -0.39 is 0 Å². The molecule has 2 nitrogen and oxygen atoms in total. The van der Waals surface area contributed by atoms with Crippen molar-refractivity contribution in [1.82, 2.24) is 0 Å². The van der Waals surface area contributed by atoms with Gasteiger partial charge < -0.3 is 5.73 Å². The maximum absolute atomic E-state index is 11.6. The van der Waals surface area contributed by atoms with Gasteiger partial charge in [0.1, 0.15) is 0 Å². The molecule has 0 aromatic heterocycles. The third kappa shape index (κ3) is 2.46. The number of ketones is 1. The Morgan fingerprint density at radius 3 is 2.64 bits per heavy atom. The van der Waals surface area contributed by atoms with Gasteiger partial charge in [-0.05, 0) is 37.6 Å². The minimum Gasteiger partial charge on any atom is -0.399 e. The highest BCUT2D eigenvalue weighted by Gasteiger charge is 2.06. The normalized spacial score (nSPS) is 9.86. The van der Waals surface area contributed by atoms with Crippen LogP contribution in [0.2, 0.25) is 0 Å². The largest absolute Gasteiger partial charge is 0.399 e. The van der Waals surface area contributed by atoms with Crippen LogP contribution in [0.3, 0.4) is 0 Å². The summed E-state index contributed by atoms with van der Waals surface area (Å²) in [6, 6.07) is 5.34. The average Bonchev–Trinajstić information content (AvgIpc) is 2.08. The molecule has 0 aliphatic rings. The maximum Gasteiger partial charge on any atom is 0.166 e. The van der Waals surface area contributed by atoms with Crippen LogP contribution in [0, 0.1) is 6.92 Å². The van der Waals surface area contributed by atoms with E-state index in [1.165, 1.54) is 0 Å². The van der Waals surface area contributed by atoms with Crippen molar-refractivity contribution < 1.29 is 4.79 Å². The Kier molecular flexibility index (Phi) is 3.07. The van der Waals surface area contributed by atoms with Gasteiger partial charge in [-0.3, -0.25) is 4.79 Å². The lowest BCUT2D eigenvalue weighted by Crippen LogP contribution is -2.01. The molecule has 0 heterocycles. The van der Waals surface area contributed by atoms with Gasteiger partial charge in [-0.15, -0.1) is 0 Å². The summed E-state index contributed by atoms with van der Waals surface area (Å²) >= 11 is 0. The van der Waals surface area contributed by atoms with E-state index in [2.05, 4.69) is 6.58 Å². The number of hydrogen-bond acceptors (Lipinski definition) is 2. The molecule has 0 saturated carbocycles.